The Morgan fingerprint density at radius 1 is 1.08 bits per heavy atom. The number of rotatable bonds is 10. The van der Waals surface area contributed by atoms with Crippen molar-refractivity contribution in [2.45, 2.75) is 104 Å². The van der Waals surface area contributed by atoms with E-state index in [2.05, 4.69) is 54.3 Å². The zero-order valence-electron chi connectivity index (χ0n) is 39.6. The fraction of sp³-hybridized carbons (Fsp3) is 0.520. The number of phenols is 1. The minimum Gasteiger partial charge on any atom is -0.508 e. The molecule has 5 atom stereocenters. The van der Waals surface area contributed by atoms with Crippen LogP contribution in [0, 0.1) is 17.3 Å². The maximum atomic E-state index is 14.7. The molecule has 0 radical (unpaired) electrons. The summed E-state index contributed by atoms with van der Waals surface area (Å²) in [5.41, 5.74) is 15.1. The number of aryl methyl sites for hydroxylation is 1. The lowest BCUT2D eigenvalue weighted by atomic mass is 9.84. The summed E-state index contributed by atoms with van der Waals surface area (Å²) >= 11 is 0. The van der Waals surface area contributed by atoms with Crippen molar-refractivity contribution >= 4 is 40.5 Å². The van der Waals surface area contributed by atoms with Gasteiger partial charge in [-0.1, -0.05) is 39.8 Å². The molecule has 66 heavy (non-hydrogen) atoms. The van der Waals surface area contributed by atoms with E-state index in [0.29, 0.717) is 49.9 Å². The first-order chi connectivity index (χ1) is 31.4. The van der Waals surface area contributed by atoms with Crippen LogP contribution in [0.15, 0.2) is 54.7 Å². The number of hydrazine groups is 1. The van der Waals surface area contributed by atoms with Crippen molar-refractivity contribution in [3.8, 4) is 28.1 Å². The molecule has 2 fully saturated rings. The number of phenolic OH excluding ortho intramolecular Hbond substituents is 1. The molecule has 4 aromatic rings. The first-order valence-corrected chi connectivity index (χ1v) is 23.2. The summed E-state index contributed by atoms with van der Waals surface area (Å²) in [6.07, 6.45) is 3.40. The van der Waals surface area contributed by atoms with Gasteiger partial charge in [-0.25, -0.2) is 5.43 Å². The van der Waals surface area contributed by atoms with Crippen molar-refractivity contribution in [3.05, 3.63) is 71.5 Å². The number of nitrogens with one attached hydrogen (secondary N) is 2. The van der Waals surface area contributed by atoms with E-state index in [0.717, 1.165) is 39.0 Å². The average Bonchev–Trinajstić information content (AvgIpc) is 3.92. The molecule has 2 saturated heterocycles. The highest BCUT2D eigenvalue weighted by Gasteiger charge is 2.40. The maximum absolute atomic E-state index is 14.7. The number of esters is 1. The molecule has 6 bridgehead atoms. The van der Waals surface area contributed by atoms with Crippen LogP contribution in [0.5, 0.6) is 5.75 Å². The third-order valence-electron chi connectivity index (χ3n) is 13.4. The number of hydrogen-bond acceptors (Lipinski definition) is 11. The first-order valence-electron chi connectivity index (χ1n) is 23.2. The quantitative estimate of drug-likeness (QED) is 0.160. The van der Waals surface area contributed by atoms with Crippen LogP contribution in [0.25, 0.3) is 33.3 Å². The molecule has 7 rings (SSSR count). The van der Waals surface area contributed by atoms with Crippen LogP contribution in [0.1, 0.15) is 83.7 Å². The number of hydrogen-bond donors (Lipinski definition) is 4. The van der Waals surface area contributed by atoms with Crippen LogP contribution in [-0.2, 0) is 52.8 Å². The van der Waals surface area contributed by atoms with Crippen LogP contribution < -0.4 is 16.5 Å². The van der Waals surface area contributed by atoms with Crippen molar-refractivity contribution in [2.75, 3.05) is 46.9 Å². The highest BCUT2D eigenvalue weighted by atomic mass is 16.5. The first kappa shape index (κ1) is 48.1. The topological polar surface area (TPSA) is 202 Å². The largest absolute Gasteiger partial charge is 0.508 e. The molecule has 5 heterocycles. The van der Waals surface area contributed by atoms with E-state index in [-0.39, 0.29) is 62.2 Å². The Labute approximate surface area is 387 Å². The number of carbonyl (C=O) groups is 5. The predicted octanol–water partition coefficient (Wildman–Crippen LogP) is 4.74. The summed E-state index contributed by atoms with van der Waals surface area (Å²) in [4.78, 5) is 77.1. The molecule has 0 spiro atoms. The van der Waals surface area contributed by atoms with Crippen LogP contribution in [-0.4, -0.2) is 124 Å². The summed E-state index contributed by atoms with van der Waals surface area (Å²) < 4.78 is 14.2. The van der Waals surface area contributed by atoms with Gasteiger partial charge in [0.1, 0.15) is 23.9 Å². The van der Waals surface area contributed by atoms with E-state index < -0.39 is 47.2 Å². The van der Waals surface area contributed by atoms with E-state index in [1.54, 1.807) is 37.4 Å². The highest BCUT2D eigenvalue weighted by Crippen LogP contribution is 2.42. The van der Waals surface area contributed by atoms with Gasteiger partial charge in [0.05, 0.1) is 36.6 Å². The molecule has 16 nitrogen and oxygen atoms in total. The Kier molecular flexibility index (Phi) is 14.5. The van der Waals surface area contributed by atoms with Gasteiger partial charge < -0.3 is 40.0 Å². The second-order valence-corrected chi connectivity index (χ2v) is 19.2. The number of methoxy groups -OCH3 is 1. The van der Waals surface area contributed by atoms with Gasteiger partial charge in [-0.3, -0.25) is 34.0 Å². The van der Waals surface area contributed by atoms with Crippen molar-refractivity contribution in [3.63, 3.8) is 0 Å². The molecule has 2 aromatic heterocycles. The van der Waals surface area contributed by atoms with Crippen molar-refractivity contribution < 1.29 is 38.6 Å². The highest BCUT2D eigenvalue weighted by molar-refractivity contribution is 5.96. The smallest absolute Gasteiger partial charge is 0.324 e. The maximum Gasteiger partial charge on any atom is 0.324 e. The molecule has 4 amide bonds. The summed E-state index contributed by atoms with van der Waals surface area (Å²) in [7, 11) is 3.25. The molecule has 1 unspecified atom stereocenters. The number of nitrogens with two attached hydrogens (primary N) is 1. The van der Waals surface area contributed by atoms with Crippen molar-refractivity contribution in [1.82, 2.24) is 35.1 Å². The van der Waals surface area contributed by atoms with Gasteiger partial charge in [0.2, 0.25) is 17.7 Å². The Morgan fingerprint density at radius 3 is 2.56 bits per heavy atom. The van der Waals surface area contributed by atoms with Crippen LogP contribution in [0.2, 0.25) is 0 Å². The standard InChI is InChI=1S/C50H66N8O8/c1-9-57-41-15-14-32-24-37(41)38(45(57)36-12-10-17-52-43(36)30(4)65-8)25-50(5,6)28-66-49(64)39-13-11-18-58(54-39)48(63)40(22-31-20-34(32)23-35(59)21-31)53-46(61)44(29(2)3)55(7)47(62)33-16-19-56(27-33)42(60)26-51/h10,12,14-15,17,20-21,23-24,29-30,33,39-40,44,54,59H,9,11,13,16,18-19,22,25-28,51H2,1-8H3,(H,53,61)/t30-,33-,39-,40-,44?/m0/s1. The number of pyridine rings is 1. The number of benzene rings is 2. The van der Waals surface area contributed by atoms with Gasteiger partial charge in [0, 0.05) is 74.8 Å². The second-order valence-electron chi connectivity index (χ2n) is 19.2. The van der Waals surface area contributed by atoms with Crippen LogP contribution in [0.3, 0.4) is 0 Å². The molecule has 3 aliphatic rings. The molecule has 2 aromatic carbocycles. The van der Waals surface area contributed by atoms with Gasteiger partial charge in [-0.2, -0.15) is 0 Å². The number of carbonyl (C=O) groups excluding carboxylic acids is 5. The van der Waals surface area contributed by atoms with Gasteiger partial charge in [-0.15, -0.1) is 0 Å². The van der Waals surface area contributed by atoms with E-state index in [4.69, 9.17) is 20.2 Å². The molecule has 0 saturated carbocycles. The molecule has 16 heteroatoms. The minimum absolute atomic E-state index is 0.0138. The predicted molar refractivity (Wildman–Crippen MR) is 250 cm³/mol. The molecule has 5 N–H and O–H groups in total. The second kappa shape index (κ2) is 19.9. The fourth-order valence-corrected chi connectivity index (χ4v) is 9.99. The summed E-state index contributed by atoms with van der Waals surface area (Å²) in [5, 5.41) is 16.7. The van der Waals surface area contributed by atoms with E-state index in [1.165, 1.54) is 9.91 Å². The van der Waals surface area contributed by atoms with E-state index >= 15 is 0 Å². The van der Waals surface area contributed by atoms with Crippen molar-refractivity contribution in [1.29, 1.82) is 0 Å². The minimum atomic E-state index is -1.17. The lowest BCUT2D eigenvalue weighted by molar-refractivity contribution is -0.155. The molecular formula is C50H66N8O8. The summed E-state index contributed by atoms with van der Waals surface area (Å²) in [6, 6.07) is 12.5. The number of aromatic hydroxyl groups is 1. The normalized spacial score (nSPS) is 21.0. The third kappa shape index (κ3) is 9.96. The fourth-order valence-electron chi connectivity index (χ4n) is 9.99. The van der Waals surface area contributed by atoms with Gasteiger partial charge in [-0.05, 0) is 104 Å². The van der Waals surface area contributed by atoms with Crippen LogP contribution in [0.4, 0.5) is 0 Å². The number of amides is 4. The lowest BCUT2D eigenvalue weighted by Crippen LogP contribution is -2.62. The molecule has 354 valence electrons. The van der Waals surface area contributed by atoms with Gasteiger partial charge in [0.25, 0.3) is 5.91 Å². The summed E-state index contributed by atoms with van der Waals surface area (Å²) in [5.74, 6) is -2.88. The van der Waals surface area contributed by atoms with Crippen molar-refractivity contribution in [2.24, 2.45) is 23.0 Å². The number of likely N-dealkylation sites (N-methyl/N-ethyl adjacent to an activating group) is 1. The lowest BCUT2D eigenvalue weighted by Gasteiger charge is -2.37. The Hall–Kier alpha value is -5.84. The van der Waals surface area contributed by atoms with Gasteiger partial charge >= 0.3 is 5.97 Å². The molecule has 0 aliphatic carbocycles. The number of fused-ring (bicyclic) bond motifs is 6. The number of aromatic nitrogens is 2. The number of ether oxygens (including phenoxy) is 2. The molecule has 3 aliphatic heterocycles. The third-order valence-corrected chi connectivity index (χ3v) is 13.4. The number of nitrogens with zero attached hydrogens (tertiary/aromatic N) is 5. The van der Waals surface area contributed by atoms with E-state index in [1.807, 2.05) is 39.0 Å². The zero-order chi connectivity index (χ0) is 47.6. The molecular weight excluding hydrogens is 841 g/mol. The Morgan fingerprint density at radius 2 is 1.85 bits per heavy atom. The Balaban J connectivity index is 1.31. The average molecular weight is 907 g/mol. The summed E-state index contributed by atoms with van der Waals surface area (Å²) in [6.45, 7) is 13.4. The number of likely N-dealkylation sites (tertiary alicyclic amines) is 1. The van der Waals surface area contributed by atoms with E-state index in [9.17, 15) is 29.1 Å². The Bertz CT molecular complexity index is 2480. The monoisotopic (exact) mass is 907 g/mol. The van der Waals surface area contributed by atoms with Crippen LogP contribution >= 0.6 is 0 Å². The van der Waals surface area contributed by atoms with Gasteiger partial charge in [0.15, 0.2) is 0 Å². The SMILES string of the molecule is CCn1c(-c2cccnc2[C@H](C)OC)c2c3cc(ccc31)-c1cc(O)cc(c1)C[C@H](NC(=O)C(C(C)C)N(C)C(=O)[C@H]1CCN(C(=O)CN)C1)C(=O)N1CCC[C@H](N1)C(=O)OCC(C)(C)C2. The number of cyclic esters (lactones) is 1. The zero-order valence-corrected chi connectivity index (χ0v) is 39.6.